The highest BCUT2D eigenvalue weighted by atomic mass is 16.5. The molecule has 0 atom stereocenters. The van der Waals surface area contributed by atoms with Crippen LogP contribution in [0.1, 0.15) is 26.3 Å². The molecule has 0 aliphatic carbocycles. The summed E-state index contributed by atoms with van der Waals surface area (Å²) < 4.78 is 5.30. The average Bonchev–Trinajstić information content (AvgIpc) is 2.13. The number of aryl methyl sites for hydroxylation is 1. The van der Waals surface area contributed by atoms with Gasteiger partial charge in [-0.3, -0.25) is 4.98 Å². The molecule has 2 nitrogen and oxygen atoms in total. The van der Waals surface area contributed by atoms with E-state index in [1.54, 1.807) is 12.4 Å². The number of pyridine rings is 1. The maximum Gasteiger partial charge on any atom is 0.125 e. The molecule has 1 rings (SSSR count). The maximum atomic E-state index is 5.30. The van der Waals surface area contributed by atoms with Crippen LogP contribution in [-0.2, 0) is 0 Å². The molecule has 68 valence electrons. The highest BCUT2D eigenvalue weighted by Gasteiger charge is 1.94. The number of rotatable bonds is 2. The number of nitrogens with zero attached hydrogens (tertiary/aromatic N) is 1. The third kappa shape index (κ3) is 3.37. The van der Waals surface area contributed by atoms with E-state index in [2.05, 4.69) is 4.98 Å². The Bertz CT molecular complexity index is 211. The molecule has 0 amide bonds. The summed E-state index contributed by atoms with van der Waals surface area (Å²) in [4.78, 5) is 3.95. The van der Waals surface area contributed by atoms with Crippen LogP contribution in [0.5, 0.6) is 5.75 Å². The number of hydrogen-bond acceptors (Lipinski definition) is 2. The molecule has 1 aromatic rings. The van der Waals surface area contributed by atoms with E-state index in [4.69, 9.17) is 4.74 Å². The van der Waals surface area contributed by atoms with Gasteiger partial charge < -0.3 is 4.74 Å². The van der Waals surface area contributed by atoms with Gasteiger partial charge >= 0.3 is 0 Å². The molecule has 0 saturated heterocycles. The average molecular weight is 167 g/mol. The molecular weight excluding hydrogens is 150 g/mol. The highest BCUT2D eigenvalue weighted by molar-refractivity contribution is 5.28. The normalized spacial score (nSPS) is 8.33. The van der Waals surface area contributed by atoms with E-state index >= 15 is 0 Å². The second-order valence-electron chi connectivity index (χ2n) is 2.07. The molecule has 0 N–H and O–H groups in total. The van der Waals surface area contributed by atoms with Gasteiger partial charge in [-0.2, -0.15) is 0 Å². The molecule has 0 aliphatic rings. The van der Waals surface area contributed by atoms with Gasteiger partial charge in [0.1, 0.15) is 5.75 Å². The van der Waals surface area contributed by atoms with Crippen LogP contribution in [-0.4, -0.2) is 11.6 Å². The number of aromatic nitrogens is 1. The van der Waals surface area contributed by atoms with E-state index in [0.29, 0.717) is 6.61 Å². The minimum Gasteiger partial charge on any atom is -0.493 e. The van der Waals surface area contributed by atoms with Crippen LogP contribution in [0.3, 0.4) is 0 Å². The van der Waals surface area contributed by atoms with E-state index in [1.165, 1.54) is 0 Å². The quantitative estimate of drug-likeness (QED) is 0.675. The first-order valence-corrected chi connectivity index (χ1v) is 4.38. The summed E-state index contributed by atoms with van der Waals surface area (Å²) in [6, 6.07) is 1.87. The second-order valence-corrected chi connectivity index (χ2v) is 2.07. The summed E-state index contributed by atoms with van der Waals surface area (Å²) in [5, 5.41) is 0. The highest BCUT2D eigenvalue weighted by Crippen LogP contribution is 2.13. The van der Waals surface area contributed by atoms with Crippen molar-refractivity contribution in [1.29, 1.82) is 0 Å². The Kier molecular flexibility index (Phi) is 6.07. The van der Waals surface area contributed by atoms with Crippen molar-refractivity contribution in [3.05, 3.63) is 24.0 Å². The first-order chi connectivity index (χ1) is 5.84. The maximum absolute atomic E-state index is 5.30. The third-order valence-electron chi connectivity index (χ3n) is 1.27. The van der Waals surface area contributed by atoms with Gasteiger partial charge in [0.25, 0.3) is 0 Å². The minimum atomic E-state index is 0.713. The summed E-state index contributed by atoms with van der Waals surface area (Å²) >= 11 is 0. The zero-order valence-corrected chi connectivity index (χ0v) is 8.29. The molecule has 0 saturated carbocycles. The fraction of sp³-hybridized carbons (Fsp3) is 0.500. The third-order valence-corrected chi connectivity index (χ3v) is 1.27. The van der Waals surface area contributed by atoms with Crippen LogP contribution in [0.15, 0.2) is 18.5 Å². The lowest BCUT2D eigenvalue weighted by Crippen LogP contribution is -1.93. The Hall–Kier alpha value is -1.05. The van der Waals surface area contributed by atoms with Gasteiger partial charge in [0, 0.05) is 18.0 Å². The molecule has 0 aromatic carbocycles. The Balaban J connectivity index is 0.000000561. The van der Waals surface area contributed by atoms with Crippen LogP contribution in [0.2, 0.25) is 0 Å². The van der Waals surface area contributed by atoms with Crippen LogP contribution in [0.4, 0.5) is 0 Å². The van der Waals surface area contributed by atoms with E-state index < -0.39 is 0 Å². The van der Waals surface area contributed by atoms with Crippen molar-refractivity contribution in [2.45, 2.75) is 27.7 Å². The SMILES string of the molecule is CC.CCOc1ccncc1C. The molecular formula is C10H17NO. The molecule has 1 aromatic heterocycles. The lowest BCUT2D eigenvalue weighted by atomic mass is 10.3. The monoisotopic (exact) mass is 167 g/mol. The van der Waals surface area contributed by atoms with Crippen molar-refractivity contribution in [3.63, 3.8) is 0 Å². The Labute approximate surface area is 74.6 Å². The van der Waals surface area contributed by atoms with Gasteiger partial charge in [-0.1, -0.05) is 13.8 Å². The van der Waals surface area contributed by atoms with Crippen molar-refractivity contribution in [1.82, 2.24) is 4.98 Å². The van der Waals surface area contributed by atoms with Crippen molar-refractivity contribution in [2.24, 2.45) is 0 Å². The Morgan fingerprint density at radius 3 is 2.58 bits per heavy atom. The number of ether oxygens (including phenoxy) is 1. The molecule has 0 spiro atoms. The Morgan fingerprint density at radius 2 is 2.08 bits per heavy atom. The fourth-order valence-corrected chi connectivity index (χ4v) is 0.778. The molecule has 1 heterocycles. The molecule has 0 fully saturated rings. The first kappa shape index (κ1) is 11.0. The van der Waals surface area contributed by atoms with Gasteiger partial charge in [-0.15, -0.1) is 0 Å². The van der Waals surface area contributed by atoms with E-state index in [-0.39, 0.29) is 0 Å². The molecule has 0 bridgehead atoms. The predicted molar refractivity (Wildman–Crippen MR) is 51.5 cm³/mol. The van der Waals surface area contributed by atoms with E-state index in [1.807, 2.05) is 33.8 Å². The summed E-state index contributed by atoms with van der Waals surface area (Å²) in [5.74, 6) is 0.928. The topological polar surface area (TPSA) is 22.1 Å². The van der Waals surface area contributed by atoms with Gasteiger partial charge in [0.05, 0.1) is 6.61 Å². The molecule has 0 unspecified atom stereocenters. The zero-order valence-electron chi connectivity index (χ0n) is 8.29. The van der Waals surface area contributed by atoms with Crippen molar-refractivity contribution >= 4 is 0 Å². The van der Waals surface area contributed by atoms with Crippen molar-refractivity contribution < 1.29 is 4.74 Å². The second kappa shape index (κ2) is 6.65. The van der Waals surface area contributed by atoms with Crippen LogP contribution in [0, 0.1) is 6.92 Å². The van der Waals surface area contributed by atoms with Crippen LogP contribution < -0.4 is 4.74 Å². The molecule has 0 aliphatic heterocycles. The van der Waals surface area contributed by atoms with Gasteiger partial charge in [-0.25, -0.2) is 0 Å². The van der Waals surface area contributed by atoms with Crippen LogP contribution >= 0.6 is 0 Å². The lowest BCUT2D eigenvalue weighted by molar-refractivity contribution is 0.337. The molecule has 0 radical (unpaired) electrons. The summed E-state index contributed by atoms with van der Waals surface area (Å²) in [5.41, 5.74) is 1.09. The molecule has 2 heteroatoms. The van der Waals surface area contributed by atoms with E-state index in [9.17, 15) is 0 Å². The fourth-order valence-electron chi connectivity index (χ4n) is 0.778. The first-order valence-electron chi connectivity index (χ1n) is 4.38. The summed E-state index contributed by atoms with van der Waals surface area (Å²) in [6.07, 6.45) is 3.53. The Morgan fingerprint density at radius 1 is 1.42 bits per heavy atom. The zero-order chi connectivity index (χ0) is 9.40. The smallest absolute Gasteiger partial charge is 0.125 e. The van der Waals surface area contributed by atoms with Gasteiger partial charge in [0.2, 0.25) is 0 Å². The molecule has 12 heavy (non-hydrogen) atoms. The van der Waals surface area contributed by atoms with Gasteiger partial charge in [0.15, 0.2) is 0 Å². The standard InChI is InChI=1S/C8H11NO.C2H6/c1-3-10-8-4-5-9-6-7(8)2;1-2/h4-6H,3H2,1-2H3;1-2H3. The lowest BCUT2D eigenvalue weighted by Gasteiger charge is -2.03. The van der Waals surface area contributed by atoms with Crippen molar-refractivity contribution in [3.8, 4) is 5.75 Å². The van der Waals surface area contributed by atoms with Crippen LogP contribution in [0.25, 0.3) is 0 Å². The van der Waals surface area contributed by atoms with Crippen molar-refractivity contribution in [2.75, 3.05) is 6.61 Å². The minimum absolute atomic E-state index is 0.713. The van der Waals surface area contributed by atoms with E-state index in [0.717, 1.165) is 11.3 Å². The summed E-state index contributed by atoms with van der Waals surface area (Å²) in [7, 11) is 0. The number of hydrogen-bond donors (Lipinski definition) is 0. The largest absolute Gasteiger partial charge is 0.493 e. The van der Waals surface area contributed by atoms with Gasteiger partial charge in [-0.05, 0) is 19.9 Å². The summed E-state index contributed by atoms with van der Waals surface area (Å²) in [6.45, 7) is 8.67. The predicted octanol–water partition coefficient (Wildman–Crippen LogP) is 2.81.